The number of aliphatic hydroxyl groups excluding tert-OH is 1. The highest BCUT2D eigenvalue weighted by Gasteiger charge is 2.17. The molecule has 0 amide bonds. The van der Waals surface area contributed by atoms with E-state index in [0.717, 1.165) is 61.2 Å². The highest BCUT2D eigenvalue weighted by atomic mass is 16.5. The van der Waals surface area contributed by atoms with Gasteiger partial charge in [-0.15, -0.1) is 0 Å². The van der Waals surface area contributed by atoms with E-state index in [1.807, 2.05) is 65.5 Å². The molecule has 1 aliphatic rings. The van der Waals surface area contributed by atoms with Gasteiger partial charge in [-0.05, 0) is 48.7 Å². The number of hydrogen-bond acceptors (Lipinski definition) is 5. The number of pyridine rings is 1. The number of likely N-dealkylation sites (tertiary alicyclic amines) is 1. The Morgan fingerprint density at radius 1 is 1.00 bits per heavy atom. The van der Waals surface area contributed by atoms with Crippen LogP contribution in [0.2, 0.25) is 0 Å². The van der Waals surface area contributed by atoms with E-state index in [4.69, 9.17) is 4.74 Å². The molecule has 170 valence electrons. The van der Waals surface area contributed by atoms with Crippen LogP contribution >= 0.6 is 0 Å². The first kappa shape index (κ1) is 21.4. The number of nitrogens with zero attached hydrogens (tertiary/aromatic N) is 4. The molecule has 0 atom stereocenters. The summed E-state index contributed by atoms with van der Waals surface area (Å²) in [5, 5.41) is 15.2. The van der Waals surface area contributed by atoms with Gasteiger partial charge in [-0.1, -0.05) is 30.3 Å². The van der Waals surface area contributed by atoms with Crippen molar-refractivity contribution in [3.05, 3.63) is 89.0 Å². The number of benzene rings is 2. The molecule has 1 aliphatic heterocycles. The fraction of sp³-hybridized carbons (Fsp3) is 0.308. The van der Waals surface area contributed by atoms with E-state index < -0.39 is 0 Å². The summed E-state index contributed by atoms with van der Waals surface area (Å²) in [5.41, 5.74) is 2.65. The lowest BCUT2D eigenvalue weighted by Gasteiger charge is -2.29. The zero-order valence-corrected chi connectivity index (χ0v) is 18.5. The Morgan fingerprint density at radius 3 is 2.64 bits per heavy atom. The third-order valence-corrected chi connectivity index (χ3v) is 6.24. The van der Waals surface area contributed by atoms with E-state index in [9.17, 15) is 9.90 Å². The fourth-order valence-corrected chi connectivity index (χ4v) is 4.30. The third-order valence-electron chi connectivity index (χ3n) is 6.24. The molecule has 0 spiro atoms. The van der Waals surface area contributed by atoms with E-state index >= 15 is 0 Å². The van der Waals surface area contributed by atoms with E-state index in [1.165, 1.54) is 0 Å². The van der Waals surface area contributed by atoms with Crippen LogP contribution in [0.3, 0.4) is 0 Å². The Balaban J connectivity index is 1.31. The Bertz CT molecular complexity index is 1270. The van der Waals surface area contributed by atoms with Crippen LogP contribution in [0.5, 0.6) is 5.75 Å². The summed E-state index contributed by atoms with van der Waals surface area (Å²) >= 11 is 0. The summed E-state index contributed by atoms with van der Waals surface area (Å²) in [6.07, 6.45) is 5.13. The first-order chi connectivity index (χ1) is 16.2. The van der Waals surface area contributed by atoms with Crippen LogP contribution in [-0.4, -0.2) is 50.1 Å². The SMILES string of the molecule is O=c1c(OCc2ccccc2)cccn1-c1ccc2c(cnn2CCN2CCC(O)CC2)c1. The summed E-state index contributed by atoms with van der Waals surface area (Å²) in [6, 6.07) is 19.3. The molecule has 1 N–H and O–H groups in total. The maximum atomic E-state index is 13.0. The van der Waals surface area contributed by atoms with E-state index in [-0.39, 0.29) is 11.7 Å². The van der Waals surface area contributed by atoms with Crippen LogP contribution in [0.4, 0.5) is 0 Å². The van der Waals surface area contributed by atoms with Gasteiger partial charge in [0.15, 0.2) is 5.75 Å². The van der Waals surface area contributed by atoms with Crippen molar-refractivity contribution in [2.24, 2.45) is 0 Å². The summed E-state index contributed by atoms with van der Waals surface area (Å²) in [5.74, 6) is 0.323. The summed E-state index contributed by atoms with van der Waals surface area (Å²) in [7, 11) is 0. The van der Waals surface area contributed by atoms with Gasteiger partial charge in [0.2, 0.25) is 0 Å². The van der Waals surface area contributed by atoms with E-state index in [2.05, 4.69) is 10.00 Å². The summed E-state index contributed by atoms with van der Waals surface area (Å²) in [4.78, 5) is 15.4. The Kier molecular flexibility index (Phi) is 6.24. The second-order valence-electron chi connectivity index (χ2n) is 8.51. The number of piperidine rings is 1. The van der Waals surface area contributed by atoms with Crippen LogP contribution < -0.4 is 10.3 Å². The van der Waals surface area contributed by atoms with Crippen LogP contribution in [0.25, 0.3) is 16.6 Å². The second kappa shape index (κ2) is 9.60. The maximum absolute atomic E-state index is 13.0. The first-order valence-corrected chi connectivity index (χ1v) is 11.4. The molecule has 2 aromatic carbocycles. The van der Waals surface area contributed by atoms with Gasteiger partial charge in [0, 0.05) is 36.9 Å². The van der Waals surface area contributed by atoms with E-state index in [0.29, 0.717) is 12.4 Å². The minimum absolute atomic E-state index is 0.157. The van der Waals surface area contributed by atoms with E-state index in [1.54, 1.807) is 16.8 Å². The normalized spacial score (nSPS) is 15.2. The van der Waals surface area contributed by atoms with Gasteiger partial charge in [0.25, 0.3) is 5.56 Å². The molecule has 0 unspecified atom stereocenters. The van der Waals surface area contributed by atoms with Crippen molar-refractivity contribution in [1.82, 2.24) is 19.2 Å². The van der Waals surface area contributed by atoms with Gasteiger partial charge in [-0.3, -0.25) is 14.0 Å². The van der Waals surface area contributed by atoms with Gasteiger partial charge in [0.05, 0.1) is 24.4 Å². The van der Waals surface area contributed by atoms with Gasteiger partial charge in [-0.25, -0.2) is 0 Å². The molecule has 33 heavy (non-hydrogen) atoms. The second-order valence-corrected chi connectivity index (χ2v) is 8.51. The molecular weight excluding hydrogens is 416 g/mol. The zero-order chi connectivity index (χ0) is 22.6. The van der Waals surface area contributed by atoms with Crippen LogP contribution in [0, 0.1) is 0 Å². The van der Waals surface area contributed by atoms with Crippen molar-refractivity contribution in [2.75, 3.05) is 19.6 Å². The standard InChI is InChI=1S/C26H28N4O3/c31-23-10-13-28(14-11-23)15-16-30-24-9-8-22(17-21(24)18-27-30)29-12-4-7-25(26(29)32)33-19-20-5-2-1-3-6-20/h1-9,12,17-18,23,31H,10-11,13-16,19H2. The summed E-state index contributed by atoms with van der Waals surface area (Å²) < 4.78 is 9.42. The smallest absolute Gasteiger partial charge is 0.297 e. The highest BCUT2D eigenvalue weighted by Crippen LogP contribution is 2.19. The minimum atomic E-state index is -0.188. The zero-order valence-electron chi connectivity index (χ0n) is 18.5. The molecule has 0 saturated carbocycles. The largest absolute Gasteiger partial charge is 0.483 e. The molecule has 0 radical (unpaired) electrons. The maximum Gasteiger partial charge on any atom is 0.297 e. The van der Waals surface area contributed by atoms with Crippen LogP contribution in [0.15, 0.2) is 77.9 Å². The molecule has 4 aromatic rings. The van der Waals surface area contributed by atoms with Crippen LogP contribution in [-0.2, 0) is 13.2 Å². The van der Waals surface area contributed by atoms with Crippen molar-refractivity contribution in [3.63, 3.8) is 0 Å². The lowest BCUT2D eigenvalue weighted by molar-refractivity contribution is 0.0807. The van der Waals surface area contributed by atoms with Crippen molar-refractivity contribution < 1.29 is 9.84 Å². The van der Waals surface area contributed by atoms with Gasteiger partial charge >= 0.3 is 0 Å². The Hall–Kier alpha value is -3.42. The molecule has 1 saturated heterocycles. The van der Waals surface area contributed by atoms with Gasteiger partial charge in [0.1, 0.15) is 6.61 Å². The average Bonchev–Trinajstić information content (AvgIpc) is 3.26. The van der Waals surface area contributed by atoms with Crippen molar-refractivity contribution in [2.45, 2.75) is 32.1 Å². The molecular formula is C26H28N4O3. The lowest BCUT2D eigenvalue weighted by atomic mass is 10.1. The molecule has 2 aromatic heterocycles. The number of hydrogen-bond donors (Lipinski definition) is 1. The number of rotatable bonds is 7. The van der Waals surface area contributed by atoms with Crippen molar-refractivity contribution >= 4 is 10.9 Å². The summed E-state index contributed by atoms with van der Waals surface area (Å²) in [6.45, 7) is 3.90. The lowest BCUT2D eigenvalue weighted by Crippen LogP contribution is -2.37. The quantitative estimate of drug-likeness (QED) is 0.474. The Labute approximate surface area is 192 Å². The predicted octanol–water partition coefficient (Wildman–Crippen LogP) is 3.22. The van der Waals surface area contributed by atoms with Gasteiger partial charge in [-0.2, -0.15) is 5.10 Å². The minimum Gasteiger partial charge on any atom is -0.483 e. The molecule has 1 fully saturated rings. The molecule has 0 aliphatic carbocycles. The monoisotopic (exact) mass is 444 g/mol. The molecule has 3 heterocycles. The molecule has 0 bridgehead atoms. The van der Waals surface area contributed by atoms with Gasteiger partial charge < -0.3 is 14.7 Å². The van der Waals surface area contributed by atoms with Crippen molar-refractivity contribution in [3.8, 4) is 11.4 Å². The highest BCUT2D eigenvalue weighted by molar-refractivity contribution is 5.81. The number of aromatic nitrogens is 3. The number of aliphatic hydroxyl groups is 1. The predicted molar refractivity (Wildman–Crippen MR) is 128 cm³/mol. The average molecular weight is 445 g/mol. The first-order valence-electron chi connectivity index (χ1n) is 11.4. The third kappa shape index (κ3) is 4.84. The fourth-order valence-electron chi connectivity index (χ4n) is 4.30. The Morgan fingerprint density at radius 2 is 1.82 bits per heavy atom. The number of ether oxygens (including phenoxy) is 1. The molecule has 7 heteroatoms. The van der Waals surface area contributed by atoms with Crippen LogP contribution in [0.1, 0.15) is 18.4 Å². The number of fused-ring (bicyclic) bond motifs is 1. The molecule has 7 nitrogen and oxygen atoms in total. The van der Waals surface area contributed by atoms with Crippen molar-refractivity contribution in [1.29, 1.82) is 0 Å². The topological polar surface area (TPSA) is 72.5 Å². The molecule has 5 rings (SSSR count).